The zero-order chi connectivity index (χ0) is 35.0. The minimum Gasteiger partial charge on any atom is -0.340 e. The summed E-state index contributed by atoms with van der Waals surface area (Å²) >= 11 is 0. The molecule has 0 radical (unpaired) electrons. The van der Waals surface area contributed by atoms with E-state index >= 15 is 0 Å². The summed E-state index contributed by atoms with van der Waals surface area (Å²) in [7, 11) is -0.949. The van der Waals surface area contributed by atoms with Crippen molar-refractivity contribution in [2.45, 2.75) is 62.3 Å². The molecule has 0 unspecified atom stereocenters. The molecule has 0 fully saturated rings. The van der Waals surface area contributed by atoms with Crippen molar-refractivity contribution in [1.82, 2.24) is 19.9 Å². The van der Waals surface area contributed by atoms with Gasteiger partial charge in [0.05, 0.1) is 32.7 Å². The summed E-state index contributed by atoms with van der Waals surface area (Å²) in [6.45, 7) is 20.1. The summed E-state index contributed by atoms with van der Waals surface area (Å²) in [6.07, 6.45) is 0. The molecule has 0 aliphatic heterocycles. The van der Waals surface area contributed by atoms with Crippen molar-refractivity contribution in [2.24, 2.45) is 0 Å². The Bertz CT molecular complexity index is 2520. The highest BCUT2D eigenvalue weighted by Gasteiger charge is 2.23. The Kier molecular flexibility index (Phi) is 7.69. The normalized spacial score (nSPS) is 11.7. The molecule has 5 heteroatoms. The van der Waals surface area contributed by atoms with E-state index in [4.69, 9.17) is 0 Å². The molecule has 0 saturated carbocycles. The molecule has 5 heterocycles. The van der Waals surface area contributed by atoms with Crippen LogP contribution in [-0.4, -0.2) is 19.9 Å². The zero-order valence-electron chi connectivity index (χ0n) is 30.5. The fourth-order valence-electron chi connectivity index (χ4n) is 8.59. The molecule has 8 aromatic rings. The summed E-state index contributed by atoms with van der Waals surface area (Å²) in [4.78, 5) is 15.7. The van der Waals surface area contributed by atoms with Gasteiger partial charge in [-0.3, -0.25) is 0 Å². The van der Waals surface area contributed by atoms with E-state index in [9.17, 15) is 0 Å². The summed E-state index contributed by atoms with van der Waals surface area (Å²) in [5.41, 5.74) is 23.1. The molecule has 0 amide bonds. The van der Waals surface area contributed by atoms with Crippen molar-refractivity contribution in [2.75, 3.05) is 0 Å². The van der Waals surface area contributed by atoms with E-state index in [2.05, 4.69) is 167 Å². The Balaban J connectivity index is 1.62. The van der Waals surface area contributed by atoms with Gasteiger partial charge in [0, 0.05) is 64.0 Å². The lowest BCUT2D eigenvalue weighted by molar-refractivity contribution is 1.32. The summed E-state index contributed by atoms with van der Waals surface area (Å²) in [5, 5.41) is 3.85. The lowest BCUT2D eigenvalue weighted by Gasteiger charge is -2.13. The van der Waals surface area contributed by atoms with Crippen LogP contribution in [0.5, 0.6) is 0 Å². The van der Waals surface area contributed by atoms with Crippen molar-refractivity contribution in [3.63, 3.8) is 0 Å². The first-order valence-corrected chi connectivity index (χ1v) is 18.9. The summed E-state index contributed by atoms with van der Waals surface area (Å²) < 4.78 is 0. The standard InChI is InChI=1S/C45H45N4P/c1-24-18-27(4)41(28(5)19-24)43-35-12-10-33(46-35)34-11-13-36(47-34)44(42-29(6)20-25(2)21-30(42)7)38-15-17-40(49-38)50(39-16-14-37(43)48-39)45-31(8)22-26(3)23-32(45)9/h10-23,46-49H,1-9H3/q+2. The van der Waals surface area contributed by atoms with Crippen LogP contribution < -0.4 is 0 Å². The van der Waals surface area contributed by atoms with Crippen LogP contribution in [0.2, 0.25) is 0 Å². The lowest BCUT2D eigenvalue weighted by Crippen LogP contribution is -1.91. The number of aryl methyl sites for hydroxylation is 9. The van der Waals surface area contributed by atoms with Gasteiger partial charge in [-0.1, -0.05) is 17.7 Å². The second-order valence-corrected chi connectivity index (χ2v) is 16.5. The molecule has 8 bridgehead atoms. The van der Waals surface area contributed by atoms with Gasteiger partial charge in [0.15, 0.2) is 0 Å². The van der Waals surface area contributed by atoms with Gasteiger partial charge in [-0.25, -0.2) is 0 Å². The Morgan fingerprint density at radius 1 is 0.380 bits per heavy atom. The van der Waals surface area contributed by atoms with Crippen LogP contribution in [0.3, 0.4) is 0 Å². The van der Waals surface area contributed by atoms with Crippen LogP contribution in [0.4, 0.5) is 0 Å². The maximum absolute atomic E-state index is 4.02. The number of hydrogen-bond acceptors (Lipinski definition) is 0. The Morgan fingerprint density at radius 3 is 1.08 bits per heavy atom. The van der Waals surface area contributed by atoms with Gasteiger partial charge in [0.1, 0.15) is 33.2 Å². The molecule has 5 aromatic heterocycles. The molecule has 3 aromatic carbocycles. The molecule has 0 aliphatic carbocycles. The van der Waals surface area contributed by atoms with Crippen LogP contribution in [-0.2, 0) is 0 Å². The average molecular weight is 673 g/mol. The first-order valence-electron chi connectivity index (χ1n) is 17.5. The van der Waals surface area contributed by atoms with Crippen molar-refractivity contribution >= 4 is 51.1 Å². The van der Waals surface area contributed by atoms with E-state index < -0.39 is 7.53 Å². The molecule has 8 rings (SSSR count). The van der Waals surface area contributed by atoms with Gasteiger partial charge in [0.25, 0.3) is 0 Å². The van der Waals surface area contributed by atoms with Gasteiger partial charge in [-0.15, -0.1) is 0 Å². The predicted molar refractivity (Wildman–Crippen MR) is 218 cm³/mol. The molecule has 50 heavy (non-hydrogen) atoms. The fourth-order valence-corrected chi connectivity index (χ4v) is 11.1. The third-order valence-corrected chi connectivity index (χ3v) is 12.9. The smallest absolute Gasteiger partial charge is 0.117 e. The van der Waals surface area contributed by atoms with E-state index in [1.807, 2.05) is 0 Å². The summed E-state index contributed by atoms with van der Waals surface area (Å²) in [5.74, 6) is 0. The molecule has 248 valence electrons. The number of aromatic amines is 4. The van der Waals surface area contributed by atoms with E-state index in [-0.39, 0.29) is 0 Å². The number of rotatable bonds is 3. The van der Waals surface area contributed by atoms with Gasteiger partial charge >= 0.3 is 0 Å². The third-order valence-electron chi connectivity index (χ3n) is 10.3. The summed E-state index contributed by atoms with van der Waals surface area (Å²) in [6, 6.07) is 32.0. The predicted octanol–water partition coefficient (Wildman–Crippen LogP) is 13.4. The number of aromatic nitrogens is 4. The van der Waals surface area contributed by atoms with Gasteiger partial charge in [-0.2, -0.15) is 0 Å². The maximum Gasteiger partial charge on any atom is 0.117 e. The number of hydrogen-bond donors (Lipinski definition) is 4. The first kappa shape index (κ1) is 32.0. The lowest BCUT2D eigenvalue weighted by atomic mass is 9.93. The van der Waals surface area contributed by atoms with Gasteiger partial charge in [-0.05, 0) is 128 Å². The second-order valence-electron chi connectivity index (χ2n) is 14.5. The van der Waals surface area contributed by atoms with Crippen LogP contribution >= 0.6 is 7.53 Å². The van der Waals surface area contributed by atoms with Gasteiger partial charge < -0.3 is 19.9 Å². The highest BCUT2D eigenvalue weighted by atomic mass is 31.1. The number of benzene rings is 3. The van der Waals surface area contributed by atoms with E-state index in [1.54, 1.807) is 0 Å². The van der Waals surface area contributed by atoms with E-state index in [1.165, 1.54) is 88.1 Å². The Labute approximate surface area is 295 Å². The van der Waals surface area contributed by atoms with Crippen LogP contribution in [0.25, 0.3) is 71.2 Å². The molecule has 0 aliphatic rings. The van der Waals surface area contributed by atoms with Crippen molar-refractivity contribution in [3.8, 4) is 27.6 Å². The molecule has 0 saturated heterocycles. The van der Waals surface area contributed by atoms with E-state index in [0.717, 1.165) is 33.1 Å². The number of H-pyrrole nitrogens is 4. The number of fused-ring (bicyclic) bond motifs is 9. The Morgan fingerprint density at radius 2 is 0.700 bits per heavy atom. The van der Waals surface area contributed by atoms with Gasteiger partial charge in [0.2, 0.25) is 0 Å². The molecule has 0 atom stereocenters. The highest BCUT2D eigenvalue weighted by Crippen LogP contribution is 2.51. The maximum atomic E-state index is 4.02. The van der Waals surface area contributed by atoms with Crippen LogP contribution in [0.15, 0.2) is 84.9 Å². The van der Waals surface area contributed by atoms with E-state index in [0.29, 0.717) is 0 Å². The molecule has 4 nitrogen and oxygen atoms in total. The van der Waals surface area contributed by atoms with Crippen molar-refractivity contribution < 1.29 is 0 Å². The Hall–Kier alpha value is -5.18. The quantitative estimate of drug-likeness (QED) is 0.135. The largest absolute Gasteiger partial charge is 0.340 e. The average Bonchev–Trinajstić information content (AvgIpc) is 3.85. The monoisotopic (exact) mass is 672 g/mol. The number of nitrogens with one attached hydrogen (secondary N) is 4. The first-order chi connectivity index (χ1) is 24.0. The third kappa shape index (κ3) is 5.30. The second kappa shape index (κ2) is 12.0. The minimum atomic E-state index is -0.949. The molecular weight excluding hydrogens is 627 g/mol. The van der Waals surface area contributed by atoms with Crippen LogP contribution in [0.1, 0.15) is 50.1 Å². The van der Waals surface area contributed by atoms with Crippen molar-refractivity contribution in [3.05, 3.63) is 135 Å². The highest BCUT2D eigenvalue weighted by molar-refractivity contribution is 7.66. The van der Waals surface area contributed by atoms with Crippen molar-refractivity contribution in [1.29, 1.82) is 0 Å². The molecule has 4 N–H and O–H groups in total. The van der Waals surface area contributed by atoms with Crippen LogP contribution in [0, 0.1) is 62.3 Å². The zero-order valence-corrected chi connectivity index (χ0v) is 31.4. The molecular formula is C45H45N4P+2. The SMILES string of the molecule is Cc1cc(C)c(-[c+]2c3ccc([nH]3)c3ccc([nH]3)[c+](-c3c(C)cc(C)cc3C)c3ccc([nH]3)p(-c3c(C)cc(C)cc3C)c3ccc2[nH]3)c(C)c1. The minimum absolute atomic E-state index is 0.949. The fraction of sp³-hybridized carbons (Fsp3) is 0.200. The topological polar surface area (TPSA) is 63.2 Å². The molecule has 0 spiro atoms.